The maximum atomic E-state index is 5.85. The number of aromatic nitrogens is 2. The molecule has 2 aromatic rings. The maximum absolute atomic E-state index is 5.85. The summed E-state index contributed by atoms with van der Waals surface area (Å²) in [6, 6.07) is 8.33. The summed E-state index contributed by atoms with van der Waals surface area (Å²) >= 11 is 5.85. The highest BCUT2D eigenvalue weighted by Gasteiger charge is 2.04. The minimum absolute atomic E-state index is 0.361. The molecule has 0 aliphatic rings. The summed E-state index contributed by atoms with van der Waals surface area (Å²) in [4.78, 5) is 0. The lowest BCUT2D eigenvalue weighted by Crippen LogP contribution is -2.17. The summed E-state index contributed by atoms with van der Waals surface area (Å²) < 4.78 is 1.79. The monoisotopic (exact) mass is 249 g/mol. The molecule has 1 aromatic carbocycles. The van der Waals surface area contributed by atoms with Crippen molar-refractivity contribution in [1.82, 2.24) is 9.78 Å². The van der Waals surface area contributed by atoms with E-state index in [0.29, 0.717) is 6.04 Å². The normalized spacial score (nSPS) is 12.4. The Morgan fingerprint density at radius 1 is 1.35 bits per heavy atom. The van der Waals surface area contributed by atoms with Crippen LogP contribution in [0, 0.1) is 0 Å². The summed E-state index contributed by atoms with van der Waals surface area (Å²) in [5, 5.41) is 8.31. The van der Waals surface area contributed by atoms with Gasteiger partial charge in [0.05, 0.1) is 11.9 Å². The van der Waals surface area contributed by atoms with Crippen molar-refractivity contribution >= 4 is 17.3 Å². The molecule has 0 spiro atoms. The minimum Gasteiger partial charge on any atom is -0.380 e. The fourth-order valence-corrected chi connectivity index (χ4v) is 1.93. The molecule has 2 rings (SSSR count). The van der Waals surface area contributed by atoms with Gasteiger partial charge < -0.3 is 5.32 Å². The van der Waals surface area contributed by atoms with Crippen LogP contribution in [-0.2, 0) is 13.5 Å². The topological polar surface area (TPSA) is 29.9 Å². The number of nitrogens with zero attached hydrogens (tertiary/aromatic N) is 2. The number of anilines is 1. The predicted octanol–water partition coefficient (Wildman–Crippen LogP) is 3.12. The van der Waals surface area contributed by atoms with E-state index in [0.717, 1.165) is 17.1 Å². The van der Waals surface area contributed by atoms with Gasteiger partial charge in [-0.05, 0) is 31.0 Å². The summed E-state index contributed by atoms with van der Waals surface area (Å²) in [7, 11) is 1.91. The first kappa shape index (κ1) is 12.0. The van der Waals surface area contributed by atoms with Crippen LogP contribution in [0.3, 0.4) is 0 Å². The Balaban J connectivity index is 1.93. The molecule has 4 heteroatoms. The molecule has 0 bridgehead atoms. The highest BCUT2D eigenvalue weighted by Crippen LogP contribution is 2.13. The van der Waals surface area contributed by atoms with E-state index in [1.54, 1.807) is 4.68 Å². The number of hydrogen-bond acceptors (Lipinski definition) is 2. The third kappa shape index (κ3) is 3.49. The molecule has 1 aromatic heterocycles. The van der Waals surface area contributed by atoms with Crippen molar-refractivity contribution in [3.05, 3.63) is 47.2 Å². The van der Waals surface area contributed by atoms with E-state index >= 15 is 0 Å². The summed E-state index contributed by atoms with van der Waals surface area (Å²) in [6.07, 6.45) is 4.77. The van der Waals surface area contributed by atoms with Gasteiger partial charge in [-0.25, -0.2) is 0 Å². The highest BCUT2D eigenvalue weighted by atomic mass is 35.5. The zero-order chi connectivity index (χ0) is 12.3. The quantitative estimate of drug-likeness (QED) is 0.902. The highest BCUT2D eigenvalue weighted by molar-refractivity contribution is 6.30. The van der Waals surface area contributed by atoms with Crippen LogP contribution in [0.1, 0.15) is 12.5 Å². The zero-order valence-electron chi connectivity index (χ0n) is 10.0. The lowest BCUT2D eigenvalue weighted by molar-refractivity contribution is 0.766. The largest absolute Gasteiger partial charge is 0.380 e. The van der Waals surface area contributed by atoms with Crippen LogP contribution in [0.25, 0.3) is 0 Å². The van der Waals surface area contributed by atoms with Gasteiger partial charge >= 0.3 is 0 Å². The predicted molar refractivity (Wildman–Crippen MR) is 71.4 cm³/mol. The number of rotatable bonds is 4. The Hall–Kier alpha value is -1.48. The van der Waals surface area contributed by atoms with Crippen LogP contribution in [0.5, 0.6) is 0 Å². The molecule has 0 amide bonds. The Labute approximate surface area is 106 Å². The Kier molecular flexibility index (Phi) is 3.69. The van der Waals surface area contributed by atoms with E-state index in [1.165, 1.54) is 5.56 Å². The fraction of sp³-hybridized carbons (Fsp3) is 0.308. The van der Waals surface area contributed by atoms with E-state index in [9.17, 15) is 0 Å². The molecule has 17 heavy (non-hydrogen) atoms. The SMILES string of the molecule is CC(Cc1ccc(Cl)cc1)Nc1cnn(C)c1. The van der Waals surface area contributed by atoms with Crippen LogP contribution in [-0.4, -0.2) is 15.8 Å². The Bertz CT molecular complexity index is 476. The van der Waals surface area contributed by atoms with E-state index in [4.69, 9.17) is 11.6 Å². The third-order valence-electron chi connectivity index (χ3n) is 2.57. The van der Waals surface area contributed by atoms with Crippen molar-refractivity contribution in [2.75, 3.05) is 5.32 Å². The summed E-state index contributed by atoms with van der Waals surface area (Å²) in [5.41, 5.74) is 2.33. The first-order valence-electron chi connectivity index (χ1n) is 5.63. The van der Waals surface area contributed by atoms with Crippen molar-refractivity contribution in [3.8, 4) is 0 Å². The smallest absolute Gasteiger partial charge is 0.0728 e. The first-order chi connectivity index (χ1) is 8.13. The molecular formula is C13H16ClN3. The molecule has 0 aliphatic carbocycles. The van der Waals surface area contributed by atoms with E-state index < -0.39 is 0 Å². The van der Waals surface area contributed by atoms with Crippen LogP contribution in [0.4, 0.5) is 5.69 Å². The number of nitrogens with one attached hydrogen (secondary N) is 1. The Morgan fingerprint density at radius 3 is 2.65 bits per heavy atom. The lowest BCUT2D eigenvalue weighted by Gasteiger charge is -2.13. The lowest BCUT2D eigenvalue weighted by atomic mass is 10.1. The molecule has 0 saturated heterocycles. The molecule has 0 fully saturated rings. The van der Waals surface area contributed by atoms with Crippen molar-refractivity contribution in [2.45, 2.75) is 19.4 Å². The second-order valence-corrected chi connectivity index (χ2v) is 4.72. The number of aryl methyl sites for hydroxylation is 1. The van der Waals surface area contributed by atoms with Crippen LogP contribution in [0.15, 0.2) is 36.7 Å². The second kappa shape index (κ2) is 5.23. The van der Waals surface area contributed by atoms with Crippen LogP contribution >= 0.6 is 11.6 Å². The molecule has 1 unspecified atom stereocenters. The standard InChI is InChI=1S/C13H16ClN3/c1-10(16-13-8-15-17(2)9-13)7-11-3-5-12(14)6-4-11/h3-6,8-10,16H,7H2,1-2H3. The van der Waals surface area contributed by atoms with Gasteiger partial charge in [0.15, 0.2) is 0 Å². The van der Waals surface area contributed by atoms with Gasteiger partial charge in [-0.1, -0.05) is 23.7 Å². The van der Waals surface area contributed by atoms with E-state index in [2.05, 4.69) is 29.5 Å². The van der Waals surface area contributed by atoms with E-state index in [-0.39, 0.29) is 0 Å². The molecule has 0 saturated carbocycles. The van der Waals surface area contributed by atoms with Crippen molar-refractivity contribution in [2.24, 2.45) is 7.05 Å². The molecule has 0 radical (unpaired) electrons. The molecule has 90 valence electrons. The van der Waals surface area contributed by atoms with Gasteiger partial charge in [0.25, 0.3) is 0 Å². The molecule has 1 atom stereocenters. The average Bonchev–Trinajstić information content (AvgIpc) is 2.67. The summed E-state index contributed by atoms with van der Waals surface area (Å²) in [6.45, 7) is 2.15. The van der Waals surface area contributed by atoms with Gasteiger partial charge in [0.1, 0.15) is 0 Å². The molecule has 1 heterocycles. The Morgan fingerprint density at radius 2 is 2.06 bits per heavy atom. The maximum Gasteiger partial charge on any atom is 0.0728 e. The van der Waals surface area contributed by atoms with Gasteiger partial charge in [-0.15, -0.1) is 0 Å². The minimum atomic E-state index is 0.361. The number of benzene rings is 1. The number of hydrogen-bond donors (Lipinski definition) is 1. The van der Waals surface area contributed by atoms with Gasteiger partial charge in [-0.2, -0.15) is 5.10 Å². The average molecular weight is 250 g/mol. The van der Waals surface area contributed by atoms with Crippen molar-refractivity contribution in [1.29, 1.82) is 0 Å². The van der Waals surface area contributed by atoms with Crippen LogP contribution in [0.2, 0.25) is 5.02 Å². The van der Waals surface area contributed by atoms with Crippen LogP contribution < -0.4 is 5.32 Å². The van der Waals surface area contributed by atoms with Crippen molar-refractivity contribution in [3.63, 3.8) is 0 Å². The molecule has 3 nitrogen and oxygen atoms in total. The van der Waals surface area contributed by atoms with E-state index in [1.807, 2.05) is 31.6 Å². The van der Waals surface area contributed by atoms with Crippen molar-refractivity contribution < 1.29 is 0 Å². The molecule has 1 N–H and O–H groups in total. The van der Waals surface area contributed by atoms with Gasteiger partial charge in [0.2, 0.25) is 0 Å². The second-order valence-electron chi connectivity index (χ2n) is 4.28. The first-order valence-corrected chi connectivity index (χ1v) is 6.01. The zero-order valence-corrected chi connectivity index (χ0v) is 10.8. The van der Waals surface area contributed by atoms with Gasteiger partial charge in [0, 0.05) is 24.3 Å². The number of halogens is 1. The summed E-state index contributed by atoms with van der Waals surface area (Å²) in [5.74, 6) is 0. The molecule has 0 aliphatic heterocycles. The molecular weight excluding hydrogens is 234 g/mol. The van der Waals surface area contributed by atoms with Gasteiger partial charge in [-0.3, -0.25) is 4.68 Å². The third-order valence-corrected chi connectivity index (χ3v) is 2.83. The fourth-order valence-electron chi connectivity index (χ4n) is 1.81.